The van der Waals surface area contributed by atoms with Gasteiger partial charge >= 0.3 is 5.97 Å². The first kappa shape index (κ1) is 24.6. The minimum absolute atomic E-state index is 0.161. The van der Waals surface area contributed by atoms with Gasteiger partial charge in [-0.05, 0) is 111 Å². The summed E-state index contributed by atoms with van der Waals surface area (Å²) < 4.78 is 5.62. The van der Waals surface area contributed by atoms with E-state index in [2.05, 4.69) is 23.6 Å². The van der Waals surface area contributed by atoms with Crippen LogP contribution >= 0.6 is 0 Å². The molecule has 4 aliphatic carbocycles. The maximum Gasteiger partial charge on any atom is 0.303 e. The third-order valence-electron chi connectivity index (χ3n) is 12.4. The number of carboxylic acid groups (broad SMARTS) is 1. The SMILES string of the molecule is C[C@]12CC[C@H]3[C@@H](CC[C@H]4C[C@H](O)[C@@H](N5CCOCC5)C[C@@]43C)[C@@H]1C[C@H](N1CCCC1)[C@@H]2CC(=O)O. The Hall–Kier alpha value is -0.690. The Kier molecular flexibility index (Phi) is 6.51. The van der Waals surface area contributed by atoms with Crippen molar-refractivity contribution < 1.29 is 19.7 Å². The molecular weight excluding hydrogens is 440 g/mol. The molecule has 6 nitrogen and oxygen atoms in total. The number of aliphatic hydroxyl groups excluding tert-OH is 1. The summed E-state index contributed by atoms with van der Waals surface area (Å²) in [4.78, 5) is 17.2. The number of hydrogen-bond acceptors (Lipinski definition) is 5. The van der Waals surface area contributed by atoms with Crippen LogP contribution in [0.25, 0.3) is 0 Å². The van der Waals surface area contributed by atoms with Gasteiger partial charge in [0, 0.05) is 25.2 Å². The summed E-state index contributed by atoms with van der Waals surface area (Å²) in [7, 11) is 0. The monoisotopic (exact) mass is 488 g/mol. The van der Waals surface area contributed by atoms with Crippen molar-refractivity contribution in [2.45, 2.75) is 96.2 Å². The van der Waals surface area contributed by atoms with Gasteiger partial charge in [-0.2, -0.15) is 0 Å². The summed E-state index contributed by atoms with van der Waals surface area (Å²) in [5.74, 6) is 2.42. The van der Waals surface area contributed by atoms with Gasteiger partial charge in [0.25, 0.3) is 0 Å². The third-order valence-corrected chi connectivity index (χ3v) is 12.4. The highest BCUT2D eigenvalue weighted by molar-refractivity contribution is 5.67. The fraction of sp³-hybridized carbons (Fsp3) is 0.966. The standard InChI is InChI=1S/C29H48N2O4/c1-28-8-7-21-20(22(28)16-24(23(28)17-27(33)34)30-9-3-4-10-30)6-5-19-15-26(32)25(18-29(19,21)2)31-11-13-35-14-12-31/h19-26,32H,3-18H2,1-2H3,(H,33,34)/t19-,20+,21-,22-,23-,24-,25-,26-,28-,29-/m0/s1. The van der Waals surface area contributed by atoms with Gasteiger partial charge in [-0.15, -0.1) is 0 Å². The van der Waals surface area contributed by atoms with Gasteiger partial charge < -0.3 is 19.8 Å². The number of rotatable bonds is 4. The maximum atomic E-state index is 12.0. The van der Waals surface area contributed by atoms with Gasteiger partial charge in [-0.3, -0.25) is 9.69 Å². The van der Waals surface area contributed by atoms with Crippen LogP contribution in [0.4, 0.5) is 0 Å². The topological polar surface area (TPSA) is 73.2 Å². The van der Waals surface area contributed by atoms with E-state index in [1.54, 1.807) is 0 Å². The number of fused-ring (bicyclic) bond motifs is 5. The Morgan fingerprint density at radius 2 is 1.63 bits per heavy atom. The summed E-state index contributed by atoms with van der Waals surface area (Å²) in [5, 5.41) is 21.1. The molecule has 2 saturated heterocycles. The Balaban J connectivity index is 1.27. The van der Waals surface area contributed by atoms with E-state index >= 15 is 0 Å². The molecule has 35 heavy (non-hydrogen) atoms. The predicted octanol–water partition coefficient (Wildman–Crippen LogP) is 3.87. The molecule has 0 aromatic rings. The second-order valence-corrected chi connectivity index (χ2v) is 13.7. The van der Waals surface area contributed by atoms with E-state index in [1.165, 1.54) is 44.9 Å². The summed E-state index contributed by atoms with van der Waals surface area (Å²) in [5.41, 5.74) is 0.453. The van der Waals surface area contributed by atoms with Crippen molar-refractivity contribution in [3.63, 3.8) is 0 Å². The zero-order chi connectivity index (χ0) is 24.4. The highest BCUT2D eigenvalue weighted by Gasteiger charge is 2.64. The third kappa shape index (κ3) is 4.00. The molecule has 0 unspecified atom stereocenters. The van der Waals surface area contributed by atoms with Gasteiger partial charge in [0.2, 0.25) is 0 Å². The molecule has 0 aromatic heterocycles. The number of carbonyl (C=O) groups is 1. The summed E-state index contributed by atoms with van der Waals surface area (Å²) >= 11 is 0. The molecule has 0 radical (unpaired) electrons. The van der Waals surface area contributed by atoms with E-state index in [-0.39, 0.29) is 17.6 Å². The molecule has 0 spiro atoms. The lowest BCUT2D eigenvalue weighted by atomic mass is 9.44. The highest BCUT2D eigenvalue weighted by atomic mass is 16.5. The molecule has 2 heterocycles. The van der Waals surface area contributed by atoms with Gasteiger partial charge in [-0.1, -0.05) is 13.8 Å². The molecule has 10 atom stereocenters. The van der Waals surface area contributed by atoms with Crippen molar-refractivity contribution >= 4 is 5.97 Å². The maximum absolute atomic E-state index is 12.0. The van der Waals surface area contributed by atoms with Crippen molar-refractivity contribution in [1.82, 2.24) is 9.80 Å². The van der Waals surface area contributed by atoms with E-state index in [1.807, 2.05) is 0 Å². The minimum Gasteiger partial charge on any atom is -0.481 e. The average Bonchev–Trinajstić information content (AvgIpc) is 3.46. The van der Waals surface area contributed by atoms with Gasteiger partial charge in [-0.25, -0.2) is 0 Å². The van der Waals surface area contributed by atoms with Gasteiger partial charge in [0.15, 0.2) is 0 Å². The number of ether oxygens (including phenoxy) is 1. The number of aliphatic hydroxyl groups is 1. The Morgan fingerprint density at radius 3 is 2.34 bits per heavy atom. The number of carboxylic acids is 1. The van der Waals surface area contributed by atoms with E-state index in [0.29, 0.717) is 35.6 Å². The van der Waals surface area contributed by atoms with Crippen LogP contribution in [0.3, 0.4) is 0 Å². The first-order valence-electron chi connectivity index (χ1n) is 14.8. The lowest BCUT2D eigenvalue weighted by Gasteiger charge is -2.62. The van der Waals surface area contributed by atoms with Crippen molar-refractivity contribution in [2.24, 2.45) is 40.4 Å². The summed E-state index contributed by atoms with van der Waals surface area (Å²) in [6.07, 6.45) is 10.9. The fourth-order valence-corrected chi connectivity index (χ4v) is 10.7. The molecular formula is C29H48N2O4. The van der Waals surface area contributed by atoms with Crippen LogP contribution in [0.15, 0.2) is 0 Å². The molecule has 6 rings (SSSR count). The number of nitrogens with zero attached hydrogens (tertiary/aromatic N) is 2. The van der Waals surface area contributed by atoms with Crippen LogP contribution in [-0.2, 0) is 9.53 Å². The van der Waals surface area contributed by atoms with Gasteiger partial charge in [0.1, 0.15) is 0 Å². The van der Waals surface area contributed by atoms with Crippen LogP contribution in [0.5, 0.6) is 0 Å². The van der Waals surface area contributed by atoms with E-state index in [9.17, 15) is 15.0 Å². The minimum atomic E-state index is -0.603. The van der Waals surface area contributed by atoms with Crippen LogP contribution in [-0.4, -0.2) is 83.6 Å². The lowest BCUT2D eigenvalue weighted by Crippen LogP contribution is -2.60. The number of morpholine rings is 1. The van der Waals surface area contributed by atoms with Crippen LogP contribution in [0.1, 0.15) is 78.1 Å². The lowest BCUT2D eigenvalue weighted by molar-refractivity contribution is -0.156. The number of aliphatic carboxylic acids is 1. The summed E-state index contributed by atoms with van der Waals surface area (Å²) in [6, 6.07) is 0.732. The quantitative estimate of drug-likeness (QED) is 0.626. The predicted molar refractivity (Wildman–Crippen MR) is 135 cm³/mol. The molecule has 0 bridgehead atoms. The molecule has 6 heteroatoms. The molecule has 0 aromatic carbocycles. The molecule has 4 saturated carbocycles. The first-order valence-corrected chi connectivity index (χ1v) is 14.8. The Labute approximate surface area is 211 Å². The average molecular weight is 489 g/mol. The molecule has 2 N–H and O–H groups in total. The van der Waals surface area contributed by atoms with Crippen molar-refractivity contribution in [1.29, 1.82) is 0 Å². The van der Waals surface area contributed by atoms with Crippen LogP contribution < -0.4 is 0 Å². The highest BCUT2D eigenvalue weighted by Crippen LogP contribution is 2.68. The van der Waals surface area contributed by atoms with Crippen molar-refractivity contribution in [3.8, 4) is 0 Å². The van der Waals surface area contributed by atoms with E-state index < -0.39 is 5.97 Å². The zero-order valence-corrected chi connectivity index (χ0v) is 22.0. The van der Waals surface area contributed by atoms with Gasteiger partial charge in [0.05, 0.1) is 25.7 Å². The molecule has 6 fully saturated rings. The smallest absolute Gasteiger partial charge is 0.303 e. The largest absolute Gasteiger partial charge is 0.481 e. The molecule has 6 aliphatic rings. The molecule has 0 amide bonds. The zero-order valence-electron chi connectivity index (χ0n) is 22.0. The molecule has 198 valence electrons. The van der Waals surface area contributed by atoms with Crippen molar-refractivity contribution in [3.05, 3.63) is 0 Å². The normalized spacial score (nSPS) is 50.9. The van der Waals surface area contributed by atoms with Crippen molar-refractivity contribution in [2.75, 3.05) is 39.4 Å². The molecule has 2 aliphatic heterocycles. The van der Waals surface area contributed by atoms with E-state index in [4.69, 9.17) is 4.74 Å². The summed E-state index contributed by atoms with van der Waals surface area (Å²) in [6.45, 7) is 10.9. The number of likely N-dealkylation sites (tertiary alicyclic amines) is 1. The Morgan fingerprint density at radius 1 is 0.914 bits per heavy atom. The van der Waals surface area contributed by atoms with Crippen LogP contribution in [0, 0.1) is 40.4 Å². The second-order valence-electron chi connectivity index (χ2n) is 13.7. The fourth-order valence-electron chi connectivity index (χ4n) is 10.7. The second kappa shape index (κ2) is 9.25. The Bertz CT molecular complexity index is 796. The van der Waals surface area contributed by atoms with Crippen LogP contribution in [0.2, 0.25) is 0 Å². The number of hydrogen-bond donors (Lipinski definition) is 2. The van der Waals surface area contributed by atoms with E-state index in [0.717, 1.165) is 64.1 Å². The first-order chi connectivity index (χ1) is 16.8.